The van der Waals surface area contributed by atoms with E-state index in [9.17, 15) is 21.6 Å². The minimum atomic E-state index is -3.86. The number of carbonyl (C=O) groups excluding carboxylic acids is 1. The summed E-state index contributed by atoms with van der Waals surface area (Å²) in [5.74, 6) is -0.309. The minimum absolute atomic E-state index is 0.0299. The topological polar surface area (TPSA) is 127 Å². The Bertz CT molecular complexity index is 1320. The second-order valence-electron chi connectivity index (χ2n) is 7.21. The Kier molecular flexibility index (Phi) is 6.68. The number of hydrogen-bond donors (Lipinski definition) is 2. The second kappa shape index (κ2) is 9.11. The molecule has 1 atom stereocenters. The van der Waals surface area contributed by atoms with Crippen LogP contribution in [0.25, 0.3) is 0 Å². The van der Waals surface area contributed by atoms with Crippen molar-refractivity contribution >= 4 is 31.6 Å². The van der Waals surface area contributed by atoms with Gasteiger partial charge in [-0.25, -0.2) is 22.0 Å². The lowest BCUT2D eigenvalue weighted by Gasteiger charge is -2.26. The number of rotatable bonds is 7. The largest absolute Gasteiger partial charge is 0.335 e. The number of hydrogen-bond acceptors (Lipinski definition) is 5. The van der Waals surface area contributed by atoms with Gasteiger partial charge < -0.3 is 4.90 Å². The van der Waals surface area contributed by atoms with Gasteiger partial charge in [-0.15, -0.1) is 0 Å². The summed E-state index contributed by atoms with van der Waals surface area (Å²) < 4.78 is 50.6. The Labute approximate surface area is 187 Å². The van der Waals surface area contributed by atoms with E-state index in [-0.39, 0.29) is 15.7 Å². The summed E-state index contributed by atoms with van der Waals surface area (Å²) in [7, 11) is -5.99. The standard InChI is InChI=1S/C22H23N3O5S2/c1-16(18-7-6-10-21(15-18)31(23,27)28)25(2)22(26)17-11-13-19(14-12-17)24-32(29,30)20-8-4-3-5-9-20/h3-16,24H,1-2H3,(H2,23,27,28). The third-order valence-electron chi connectivity index (χ3n) is 5.01. The van der Waals surface area contributed by atoms with Crippen LogP contribution in [0.4, 0.5) is 5.69 Å². The van der Waals surface area contributed by atoms with Crippen molar-refractivity contribution in [3.05, 3.63) is 90.0 Å². The van der Waals surface area contributed by atoms with Gasteiger partial charge in [0.05, 0.1) is 15.8 Å². The monoisotopic (exact) mass is 473 g/mol. The summed E-state index contributed by atoms with van der Waals surface area (Å²) in [4.78, 5) is 14.5. The Hall–Kier alpha value is -3.21. The molecule has 168 valence electrons. The predicted molar refractivity (Wildman–Crippen MR) is 122 cm³/mol. The average Bonchev–Trinajstić information content (AvgIpc) is 2.78. The van der Waals surface area contributed by atoms with Crippen molar-refractivity contribution in [2.24, 2.45) is 5.14 Å². The number of carbonyl (C=O) groups is 1. The molecule has 10 heteroatoms. The highest BCUT2D eigenvalue weighted by molar-refractivity contribution is 7.92. The van der Waals surface area contributed by atoms with Crippen LogP contribution in [-0.2, 0) is 20.0 Å². The normalized spacial score (nSPS) is 12.7. The Morgan fingerprint density at radius 1 is 0.875 bits per heavy atom. The number of nitrogens with one attached hydrogen (secondary N) is 1. The SMILES string of the molecule is CC(c1cccc(S(N)(=O)=O)c1)N(C)C(=O)c1ccc(NS(=O)(=O)c2ccccc2)cc1. The van der Waals surface area contributed by atoms with Crippen LogP contribution < -0.4 is 9.86 Å². The molecule has 0 aromatic heterocycles. The molecule has 0 saturated carbocycles. The maximum atomic E-state index is 12.9. The molecular formula is C22H23N3O5S2. The molecule has 0 saturated heterocycles. The highest BCUT2D eigenvalue weighted by atomic mass is 32.2. The predicted octanol–water partition coefficient (Wildman–Crippen LogP) is 2.97. The summed E-state index contributed by atoms with van der Waals surface area (Å²) in [6.45, 7) is 1.77. The van der Waals surface area contributed by atoms with Crippen LogP contribution in [0, 0.1) is 0 Å². The van der Waals surface area contributed by atoms with Crippen molar-refractivity contribution < 1.29 is 21.6 Å². The zero-order chi connectivity index (χ0) is 23.5. The lowest BCUT2D eigenvalue weighted by molar-refractivity contribution is 0.0742. The fourth-order valence-corrected chi connectivity index (χ4v) is 4.70. The first-order valence-corrected chi connectivity index (χ1v) is 12.6. The molecule has 0 heterocycles. The molecule has 3 rings (SSSR count). The molecule has 0 bridgehead atoms. The lowest BCUT2D eigenvalue weighted by Crippen LogP contribution is -2.29. The fraction of sp³-hybridized carbons (Fsp3) is 0.136. The first kappa shape index (κ1) is 23.5. The number of amides is 1. The van der Waals surface area contributed by atoms with E-state index in [0.717, 1.165) is 0 Å². The van der Waals surface area contributed by atoms with Crippen LogP contribution in [-0.4, -0.2) is 34.7 Å². The molecule has 3 aromatic rings. The number of nitrogens with zero attached hydrogens (tertiary/aromatic N) is 1. The second-order valence-corrected chi connectivity index (χ2v) is 10.4. The maximum absolute atomic E-state index is 12.9. The van der Waals surface area contributed by atoms with E-state index in [0.29, 0.717) is 16.8 Å². The van der Waals surface area contributed by atoms with Crippen LogP contribution in [0.2, 0.25) is 0 Å². The quantitative estimate of drug-likeness (QED) is 0.545. The minimum Gasteiger partial charge on any atom is -0.335 e. The molecule has 1 unspecified atom stereocenters. The van der Waals surface area contributed by atoms with E-state index in [1.807, 2.05) is 0 Å². The third-order valence-corrected chi connectivity index (χ3v) is 7.32. The van der Waals surface area contributed by atoms with Crippen molar-refractivity contribution in [1.82, 2.24) is 4.90 Å². The van der Waals surface area contributed by atoms with Crippen LogP contribution in [0.3, 0.4) is 0 Å². The molecule has 0 aliphatic heterocycles. The molecule has 3 N–H and O–H groups in total. The first-order chi connectivity index (χ1) is 15.0. The van der Waals surface area contributed by atoms with E-state index in [4.69, 9.17) is 5.14 Å². The molecule has 32 heavy (non-hydrogen) atoms. The molecule has 1 amide bonds. The van der Waals surface area contributed by atoms with Gasteiger partial charge in [-0.1, -0.05) is 30.3 Å². The van der Waals surface area contributed by atoms with Gasteiger partial charge in [0, 0.05) is 18.3 Å². The smallest absolute Gasteiger partial charge is 0.261 e. The highest BCUT2D eigenvalue weighted by Gasteiger charge is 2.21. The van der Waals surface area contributed by atoms with Crippen LogP contribution in [0.15, 0.2) is 88.7 Å². The highest BCUT2D eigenvalue weighted by Crippen LogP contribution is 2.24. The number of primary sulfonamides is 1. The molecular weight excluding hydrogens is 450 g/mol. The number of nitrogens with two attached hydrogens (primary N) is 1. The molecule has 0 spiro atoms. The van der Waals surface area contributed by atoms with Gasteiger partial charge in [0.15, 0.2) is 0 Å². The Balaban J connectivity index is 1.75. The van der Waals surface area contributed by atoms with Gasteiger partial charge in [-0.2, -0.15) is 0 Å². The van der Waals surface area contributed by atoms with Gasteiger partial charge in [0.1, 0.15) is 0 Å². The fourth-order valence-electron chi connectivity index (χ4n) is 3.05. The number of anilines is 1. The van der Waals surface area contributed by atoms with Crippen molar-refractivity contribution in [1.29, 1.82) is 0 Å². The van der Waals surface area contributed by atoms with Gasteiger partial charge in [0.2, 0.25) is 10.0 Å². The lowest BCUT2D eigenvalue weighted by atomic mass is 10.1. The summed E-state index contributed by atoms with van der Waals surface area (Å²) >= 11 is 0. The van der Waals surface area contributed by atoms with E-state index < -0.39 is 26.1 Å². The zero-order valence-corrected chi connectivity index (χ0v) is 19.1. The van der Waals surface area contributed by atoms with E-state index in [1.165, 1.54) is 53.4 Å². The van der Waals surface area contributed by atoms with E-state index in [2.05, 4.69) is 4.72 Å². The van der Waals surface area contributed by atoms with Crippen LogP contribution in [0.5, 0.6) is 0 Å². The summed E-state index contributed by atoms with van der Waals surface area (Å²) in [5.41, 5.74) is 1.28. The van der Waals surface area contributed by atoms with Crippen molar-refractivity contribution in [2.45, 2.75) is 22.8 Å². The Morgan fingerprint density at radius 3 is 2.06 bits per heavy atom. The van der Waals surface area contributed by atoms with Crippen LogP contribution in [0.1, 0.15) is 28.9 Å². The Morgan fingerprint density at radius 2 is 1.47 bits per heavy atom. The van der Waals surface area contributed by atoms with Gasteiger partial charge in [0.25, 0.3) is 15.9 Å². The zero-order valence-electron chi connectivity index (χ0n) is 17.5. The maximum Gasteiger partial charge on any atom is 0.261 e. The molecule has 0 radical (unpaired) electrons. The van der Waals surface area contributed by atoms with Crippen molar-refractivity contribution in [3.8, 4) is 0 Å². The van der Waals surface area contributed by atoms with Gasteiger partial charge >= 0.3 is 0 Å². The average molecular weight is 474 g/mol. The summed E-state index contributed by atoms with van der Waals surface area (Å²) in [6, 6.07) is 19.7. The summed E-state index contributed by atoms with van der Waals surface area (Å²) in [6.07, 6.45) is 0. The number of sulfonamides is 2. The molecule has 0 aliphatic carbocycles. The van der Waals surface area contributed by atoms with Gasteiger partial charge in [-0.3, -0.25) is 9.52 Å². The van der Waals surface area contributed by atoms with E-state index in [1.54, 1.807) is 44.3 Å². The molecule has 3 aromatic carbocycles. The van der Waals surface area contributed by atoms with Crippen molar-refractivity contribution in [2.75, 3.05) is 11.8 Å². The molecule has 0 fully saturated rings. The molecule has 0 aliphatic rings. The first-order valence-electron chi connectivity index (χ1n) is 9.57. The van der Waals surface area contributed by atoms with Crippen LogP contribution >= 0.6 is 0 Å². The van der Waals surface area contributed by atoms with Gasteiger partial charge in [-0.05, 0) is 61.0 Å². The third kappa shape index (κ3) is 5.34. The number of benzene rings is 3. The molecule has 8 nitrogen and oxygen atoms in total. The van der Waals surface area contributed by atoms with Crippen molar-refractivity contribution in [3.63, 3.8) is 0 Å². The summed E-state index contributed by atoms with van der Waals surface area (Å²) in [5, 5.41) is 5.19. The van der Waals surface area contributed by atoms with E-state index >= 15 is 0 Å².